The zero-order valence-corrected chi connectivity index (χ0v) is 19.6. The maximum Gasteiger partial charge on any atom is 0.407 e. The molecule has 0 radical (unpaired) electrons. The van der Waals surface area contributed by atoms with Gasteiger partial charge in [0.15, 0.2) is 0 Å². The molecule has 34 heavy (non-hydrogen) atoms. The average molecular weight is 481 g/mol. The molecular formula is C26H28N2O5S. The lowest BCUT2D eigenvalue weighted by Gasteiger charge is -2.25. The Bertz CT molecular complexity index is 1060. The maximum atomic E-state index is 12.8. The Morgan fingerprint density at radius 2 is 1.71 bits per heavy atom. The van der Waals surface area contributed by atoms with E-state index >= 15 is 0 Å². The molecule has 2 aromatic rings. The van der Waals surface area contributed by atoms with Gasteiger partial charge in [0.1, 0.15) is 12.6 Å². The van der Waals surface area contributed by atoms with Crippen molar-refractivity contribution in [1.29, 1.82) is 0 Å². The number of carbonyl (C=O) groups excluding carboxylic acids is 2. The largest absolute Gasteiger partial charge is 0.480 e. The standard InChI is InChI=1S/C26H28N2O5S/c29-24(28-15-34-14-23(28)25(30)31)12-16-6-5-11-22(16)27-26(32)33-13-21-19-9-3-1-7-17(19)18-8-2-4-10-20(18)21/h1-4,7-10,16,21-23H,5-6,11-15H2,(H,27,32)(H,30,31). The molecule has 5 rings (SSSR count). The fraction of sp³-hybridized carbons (Fsp3) is 0.423. The van der Waals surface area contributed by atoms with Crippen molar-refractivity contribution in [1.82, 2.24) is 10.2 Å². The highest BCUT2D eigenvalue weighted by molar-refractivity contribution is 7.99. The highest BCUT2D eigenvalue weighted by Gasteiger charge is 2.38. The zero-order valence-electron chi connectivity index (χ0n) is 18.8. The predicted octanol–water partition coefficient (Wildman–Crippen LogP) is 4.07. The molecule has 0 spiro atoms. The lowest BCUT2D eigenvalue weighted by molar-refractivity contribution is -0.148. The number of rotatable bonds is 6. The Kier molecular flexibility index (Phi) is 6.50. The van der Waals surface area contributed by atoms with E-state index in [2.05, 4.69) is 29.6 Å². The quantitative estimate of drug-likeness (QED) is 0.647. The van der Waals surface area contributed by atoms with Gasteiger partial charge in [-0.15, -0.1) is 11.8 Å². The van der Waals surface area contributed by atoms with E-state index in [1.165, 1.54) is 27.8 Å². The Morgan fingerprint density at radius 1 is 1.03 bits per heavy atom. The van der Waals surface area contributed by atoms with Crippen molar-refractivity contribution in [2.45, 2.75) is 43.7 Å². The fourth-order valence-corrected chi connectivity index (χ4v) is 6.67. The minimum atomic E-state index is -0.960. The van der Waals surface area contributed by atoms with Crippen LogP contribution in [-0.2, 0) is 14.3 Å². The molecule has 1 saturated heterocycles. The van der Waals surface area contributed by atoms with Crippen LogP contribution in [0.5, 0.6) is 0 Å². The number of benzene rings is 2. The van der Waals surface area contributed by atoms with Crippen molar-refractivity contribution >= 4 is 29.7 Å². The third-order valence-electron chi connectivity index (χ3n) is 7.23. The smallest absolute Gasteiger partial charge is 0.407 e. The van der Waals surface area contributed by atoms with Gasteiger partial charge in [-0.05, 0) is 41.0 Å². The summed E-state index contributed by atoms with van der Waals surface area (Å²) in [5.74, 6) is -0.283. The minimum Gasteiger partial charge on any atom is -0.480 e. The van der Waals surface area contributed by atoms with Gasteiger partial charge in [-0.25, -0.2) is 9.59 Å². The van der Waals surface area contributed by atoms with Crippen LogP contribution in [0.4, 0.5) is 4.79 Å². The van der Waals surface area contributed by atoms with Gasteiger partial charge in [-0.2, -0.15) is 0 Å². The van der Waals surface area contributed by atoms with Crippen molar-refractivity contribution < 1.29 is 24.2 Å². The van der Waals surface area contributed by atoms with E-state index in [1.807, 2.05) is 24.3 Å². The van der Waals surface area contributed by atoms with E-state index < -0.39 is 18.1 Å². The monoisotopic (exact) mass is 480 g/mol. The van der Waals surface area contributed by atoms with E-state index in [0.29, 0.717) is 11.6 Å². The van der Waals surface area contributed by atoms with Crippen LogP contribution in [-0.4, -0.2) is 58.3 Å². The first-order valence-electron chi connectivity index (χ1n) is 11.7. The molecule has 3 unspecified atom stereocenters. The number of ether oxygens (including phenoxy) is 1. The van der Waals surface area contributed by atoms with E-state index in [9.17, 15) is 19.5 Å². The van der Waals surface area contributed by atoms with Crippen molar-refractivity contribution in [2.24, 2.45) is 5.92 Å². The molecule has 2 fully saturated rings. The van der Waals surface area contributed by atoms with Crippen LogP contribution >= 0.6 is 11.8 Å². The normalized spacial score (nSPS) is 23.4. The summed E-state index contributed by atoms with van der Waals surface area (Å²) in [6.45, 7) is 0.251. The molecule has 3 atom stereocenters. The number of nitrogens with one attached hydrogen (secondary N) is 1. The molecule has 2 N–H and O–H groups in total. The summed E-state index contributed by atoms with van der Waals surface area (Å²) in [6.07, 6.45) is 2.33. The SMILES string of the molecule is O=C(NC1CCCC1CC(=O)N1CSCC1C(=O)O)OCC1c2ccccc2-c2ccccc21. The molecule has 8 heteroatoms. The lowest BCUT2D eigenvalue weighted by Crippen LogP contribution is -2.44. The fourth-order valence-electron chi connectivity index (χ4n) is 5.50. The third kappa shape index (κ3) is 4.39. The van der Waals surface area contributed by atoms with Crippen LogP contribution in [0.3, 0.4) is 0 Å². The highest BCUT2D eigenvalue weighted by Crippen LogP contribution is 2.44. The number of amides is 2. The topological polar surface area (TPSA) is 95.9 Å². The third-order valence-corrected chi connectivity index (χ3v) is 8.24. The summed E-state index contributed by atoms with van der Waals surface area (Å²) in [7, 11) is 0. The Hall–Kier alpha value is -3.00. The van der Waals surface area contributed by atoms with E-state index in [-0.39, 0.29) is 36.8 Å². The molecular weight excluding hydrogens is 452 g/mol. The number of nitrogens with zero attached hydrogens (tertiary/aromatic N) is 1. The number of carboxylic acid groups (broad SMARTS) is 1. The number of fused-ring (bicyclic) bond motifs is 3. The molecule has 2 amide bonds. The number of hydrogen-bond acceptors (Lipinski definition) is 5. The van der Waals surface area contributed by atoms with Gasteiger partial charge < -0.3 is 20.1 Å². The number of aliphatic carboxylic acids is 1. The average Bonchev–Trinajstić information content (AvgIpc) is 3.56. The predicted molar refractivity (Wildman–Crippen MR) is 130 cm³/mol. The first kappa shape index (κ1) is 22.8. The molecule has 1 heterocycles. The molecule has 0 aromatic heterocycles. The van der Waals surface area contributed by atoms with Gasteiger partial charge in [0.25, 0.3) is 0 Å². The summed E-state index contributed by atoms with van der Waals surface area (Å²) in [5, 5.41) is 12.3. The van der Waals surface area contributed by atoms with Gasteiger partial charge in [0.2, 0.25) is 5.91 Å². The van der Waals surface area contributed by atoms with Crippen molar-refractivity contribution in [2.75, 3.05) is 18.2 Å². The Morgan fingerprint density at radius 3 is 2.38 bits per heavy atom. The van der Waals surface area contributed by atoms with Gasteiger partial charge in [0, 0.05) is 24.1 Å². The second kappa shape index (κ2) is 9.70. The summed E-state index contributed by atoms with van der Waals surface area (Å²) in [5.41, 5.74) is 4.69. The van der Waals surface area contributed by atoms with Gasteiger partial charge in [0.05, 0.1) is 5.88 Å². The number of alkyl carbamates (subject to hydrolysis) is 1. The van der Waals surface area contributed by atoms with Crippen molar-refractivity contribution in [3.63, 3.8) is 0 Å². The first-order chi connectivity index (χ1) is 16.5. The van der Waals surface area contributed by atoms with E-state index in [0.717, 1.165) is 30.4 Å². The molecule has 2 aliphatic carbocycles. The van der Waals surface area contributed by atoms with Gasteiger partial charge in [-0.1, -0.05) is 55.0 Å². The van der Waals surface area contributed by atoms with Crippen LogP contribution in [0.15, 0.2) is 48.5 Å². The maximum absolute atomic E-state index is 12.8. The number of carbonyl (C=O) groups is 3. The molecule has 3 aliphatic rings. The second-order valence-corrected chi connectivity index (χ2v) is 10.2. The van der Waals surface area contributed by atoms with Gasteiger partial charge in [-0.3, -0.25) is 4.79 Å². The van der Waals surface area contributed by atoms with Crippen LogP contribution in [0, 0.1) is 5.92 Å². The zero-order chi connectivity index (χ0) is 23.7. The van der Waals surface area contributed by atoms with Crippen molar-refractivity contribution in [3.8, 4) is 11.1 Å². The number of hydrogen-bond donors (Lipinski definition) is 2. The Labute approximate surface area is 202 Å². The van der Waals surface area contributed by atoms with Crippen LogP contribution in [0.1, 0.15) is 42.7 Å². The highest BCUT2D eigenvalue weighted by atomic mass is 32.2. The van der Waals surface area contributed by atoms with Crippen LogP contribution in [0.25, 0.3) is 11.1 Å². The molecule has 0 bridgehead atoms. The summed E-state index contributed by atoms with van der Waals surface area (Å²) < 4.78 is 5.68. The minimum absolute atomic E-state index is 0.000258. The van der Waals surface area contributed by atoms with Crippen molar-refractivity contribution in [3.05, 3.63) is 59.7 Å². The van der Waals surface area contributed by atoms with Crippen LogP contribution in [0.2, 0.25) is 0 Å². The Balaban J connectivity index is 1.18. The molecule has 1 saturated carbocycles. The second-order valence-electron chi connectivity index (χ2n) is 9.19. The van der Waals surface area contributed by atoms with E-state index in [1.54, 1.807) is 0 Å². The summed E-state index contributed by atoms with van der Waals surface area (Å²) in [6, 6.07) is 15.5. The van der Waals surface area contributed by atoms with Crippen LogP contribution < -0.4 is 5.32 Å². The summed E-state index contributed by atoms with van der Waals surface area (Å²) in [4.78, 5) is 38.4. The lowest BCUT2D eigenvalue weighted by atomic mass is 9.98. The molecule has 2 aromatic carbocycles. The molecule has 1 aliphatic heterocycles. The van der Waals surface area contributed by atoms with Gasteiger partial charge >= 0.3 is 12.1 Å². The number of thioether (sulfide) groups is 1. The number of carboxylic acids is 1. The molecule has 178 valence electrons. The molecule has 7 nitrogen and oxygen atoms in total. The van der Waals surface area contributed by atoms with E-state index in [4.69, 9.17) is 4.74 Å². The summed E-state index contributed by atoms with van der Waals surface area (Å²) >= 11 is 1.46. The first-order valence-corrected chi connectivity index (χ1v) is 12.9.